The number of amides is 2. The van der Waals surface area contributed by atoms with Crippen molar-refractivity contribution in [3.8, 4) is 0 Å². The van der Waals surface area contributed by atoms with Crippen molar-refractivity contribution in [3.63, 3.8) is 0 Å². The van der Waals surface area contributed by atoms with Crippen LogP contribution in [0.1, 0.15) is 50.4 Å². The van der Waals surface area contributed by atoms with Crippen LogP contribution in [0.5, 0.6) is 0 Å². The smallest absolute Gasteiger partial charge is 0.410 e. The van der Waals surface area contributed by atoms with E-state index in [-0.39, 0.29) is 17.5 Å². The van der Waals surface area contributed by atoms with E-state index in [4.69, 9.17) is 16.3 Å². The molecule has 0 saturated carbocycles. The second-order valence-corrected chi connectivity index (χ2v) is 7.38. The first kappa shape index (κ1) is 19.5. The molecule has 25 heavy (non-hydrogen) atoms. The Kier molecular flexibility index (Phi) is 5.92. The third kappa shape index (κ3) is 5.07. The number of carbonyl (C=O) groups excluding carboxylic acids is 2. The van der Waals surface area contributed by atoms with E-state index in [1.807, 2.05) is 6.92 Å². The van der Waals surface area contributed by atoms with Gasteiger partial charge in [0.05, 0.1) is 18.3 Å². The minimum Gasteiger partial charge on any atom is -0.444 e. The molecule has 0 spiro atoms. The molecular weight excluding hydrogens is 351 g/mol. The van der Waals surface area contributed by atoms with Crippen LogP contribution in [0.4, 0.5) is 9.18 Å². The second kappa shape index (κ2) is 7.59. The van der Waals surface area contributed by atoms with Crippen LogP contribution in [0.15, 0.2) is 0 Å². The summed E-state index contributed by atoms with van der Waals surface area (Å²) in [5, 5.41) is 2.85. The number of rotatable bonds is 3. The van der Waals surface area contributed by atoms with Crippen molar-refractivity contribution >= 4 is 23.6 Å². The number of nitrogens with zero attached hydrogens (tertiary/aromatic N) is 2. The summed E-state index contributed by atoms with van der Waals surface area (Å²) in [6, 6.07) is -0.694. The van der Waals surface area contributed by atoms with Crippen molar-refractivity contribution in [1.29, 1.82) is 0 Å². The highest BCUT2D eigenvalue weighted by molar-refractivity contribution is 6.30. The van der Waals surface area contributed by atoms with Gasteiger partial charge in [-0.25, -0.2) is 14.2 Å². The Morgan fingerprint density at radius 2 is 2.16 bits per heavy atom. The molecule has 7 nitrogen and oxygen atoms in total. The van der Waals surface area contributed by atoms with Crippen molar-refractivity contribution < 1.29 is 18.7 Å². The molecule has 0 aromatic carbocycles. The van der Waals surface area contributed by atoms with Crippen LogP contribution in [0.25, 0.3) is 0 Å². The molecule has 1 saturated heterocycles. The van der Waals surface area contributed by atoms with Gasteiger partial charge in [-0.15, -0.1) is 0 Å². The Bertz CT molecular complexity index is 644. The Hall–Kier alpha value is -1.83. The maximum atomic E-state index is 14.4. The number of alkyl halides is 1. The number of halogens is 2. The van der Waals surface area contributed by atoms with Crippen LogP contribution in [0.2, 0.25) is 5.15 Å². The highest BCUT2D eigenvalue weighted by Crippen LogP contribution is 2.19. The molecule has 1 aliphatic rings. The number of aromatic amines is 1. The lowest BCUT2D eigenvalue weighted by Gasteiger charge is -2.35. The Balaban J connectivity index is 1.92. The first-order valence-corrected chi connectivity index (χ1v) is 8.65. The molecule has 1 aromatic heterocycles. The second-order valence-electron chi connectivity index (χ2n) is 7.02. The van der Waals surface area contributed by atoms with Crippen molar-refractivity contribution in [2.45, 2.75) is 58.4 Å². The number of aromatic nitrogens is 2. The molecule has 9 heteroatoms. The lowest BCUT2D eigenvalue weighted by atomic mass is 10.0. The number of imidazole rings is 1. The average Bonchev–Trinajstić information content (AvgIpc) is 2.88. The fraction of sp³-hybridized carbons (Fsp3) is 0.688. The van der Waals surface area contributed by atoms with E-state index in [2.05, 4.69) is 15.3 Å². The van der Waals surface area contributed by atoms with Gasteiger partial charge in [0, 0.05) is 6.54 Å². The van der Waals surface area contributed by atoms with E-state index in [0.29, 0.717) is 25.1 Å². The number of likely N-dealkylation sites (tertiary alicyclic amines) is 1. The molecule has 1 fully saturated rings. The molecular formula is C16H24ClFN4O3. The fourth-order valence-corrected chi connectivity index (χ4v) is 2.79. The van der Waals surface area contributed by atoms with E-state index in [0.717, 1.165) is 0 Å². The van der Waals surface area contributed by atoms with E-state index in [1.165, 1.54) is 4.90 Å². The fourth-order valence-electron chi connectivity index (χ4n) is 2.53. The first-order chi connectivity index (χ1) is 11.6. The molecule has 1 aromatic rings. The van der Waals surface area contributed by atoms with Gasteiger partial charge in [0.25, 0.3) is 5.91 Å². The molecule has 2 N–H and O–H groups in total. The number of hydrogen-bond donors (Lipinski definition) is 2. The van der Waals surface area contributed by atoms with Crippen molar-refractivity contribution in [1.82, 2.24) is 20.2 Å². The molecule has 1 aliphatic heterocycles. The van der Waals surface area contributed by atoms with Gasteiger partial charge in [-0.2, -0.15) is 0 Å². The van der Waals surface area contributed by atoms with Crippen molar-refractivity contribution in [2.24, 2.45) is 0 Å². The summed E-state index contributed by atoms with van der Waals surface area (Å²) in [5.74, 6) is -0.455. The topological polar surface area (TPSA) is 87.3 Å². The SMILES string of the molecule is CCc1[nH]c(C(=O)N[C@H]2CCN(C(=O)OC(C)(C)C)C[C@@H]2F)nc1Cl. The highest BCUT2D eigenvalue weighted by atomic mass is 35.5. The Morgan fingerprint density at radius 3 is 2.68 bits per heavy atom. The van der Waals surface area contributed by atoms with Crippen LogP contribution in [0, 0.1) is 0 Å². The molecule has 140 valence electrons. The summed E-state index contributed by atoms with van der Waals surface area (Å²) in [6.07, 6.45) is -1.04. The van der Waals surface area contributed by atoms with Crippen LogP contribution in [-0.4, -0.2) is 57.8 Å². The van der Waals surface area contributed by atoms with Gasteiger partial charge >= 0.3 is 6.09 Å². The summed E-state index contributed by atoms with van der Waals surface area (Å²) in [5.41, 5.74) is 0.0205. The zero-order valence-corrected chi connectivity index (χ0v) is 15.6. The lowest BCUT2D eigenvalue weighted by molar-refractivity contribution is 0.00969. The lowest BCUT2D eigenvalue weighted by Crippen LogP contribution is -2.54. The van der Waals surface area contributed by atoms with E-state index in [1.54, 1.807) is 20.8 Å². The average molecular weight is 375 g/mol. The number of carbonyl (C=O) groups is 2. The van der Waals surface area contributed by atoms with Crippen LogP contribution >= 0.6 is 11.6 Å². The minimum absolute atomic E-state index is 0.0589. The molecule has 2 rings (SSSR count). The van der Waals surface area contributed by atoms with Crippen molar-refractivity contribution in [2.75, 3.05) is 13.1 Å². The largest absolute Gasteiger partial charge is 0.444 e. The predicted octanol–water partition coefficient (Wildman–Crippen LogP) is 2.70. The third-order valence-corrected chi connectivity index (χ3v) is 4.12. The minimum atomic E-state index is -1.39. The number of hydrogen-bond acceptors (Lipinski definition) is 4. The Morgan fingerprint density at radius 1 is 1.48 bits per heavy atom. The Labute approximate surface area is 151 Å². The number of ether oxygens (including phenoxy) is 1. The van der Waals surface area contributed by atoms with Crippen molar-refractivity contribution in [3.05, 3.63) is 16.7 Å². The molecule has 2 atom stereocenters. The molecule has 2 heterocycles. The maximum absolute atomic E-state index is 14.4. The number of piperidine rings is 1. The number of aryl methyl sites for hydroxylation is 1. The van der Waals surface area contributed by atoms with Gasteiger partial charge in [-0.1, -0.05) is 18.5 Å². The highest BCUT2D eigenvalue weighted by Gasteiger charge is 2.35. The van der Waals surface area contributed by atoms with Gasteiger partial charge < -0.3 is 19.9 Å². The zero-order valence-electron chi connectivity index (χ0n) is 14.9. The van der Waals surface area contributed by atoms with Gasteiger partial charge in [0.1, 0.15) is 11.8 Å². The summed E-state index contributed by atoms with van der Waals surface area (Å²) in [4.78, 5) is 32.3. The quantitative estimate of drug-likeness (QED) is 0.851. The molecule has 0 bridgehead atoms. The van der Waals surface area contributed by atoms with Gasteiger partial charge in [0.15, 0.2) is 11.0 Å². The molecule has 0 radical (unpaired) electrons. The monoisotopic (exact) mass is 374 g/mol. The summed E-state index contributed by atoms with van der Waals surface area (Å²) in [7, 11) is 0. The molecule has 0 unspecified atom stereocenters. The maximum Gasteiger partial charge on any atom is 0.410 e. The third-order valence-electron chi connectivity index (χ3n) is 3.81. The van der Waals surface area contributed by atoms with E-state index < -0.39 is 29.8 Å². The normalized spacial score (nSPS) is 21.1. The predicted molar refractivity (Wildman–Crippen MR) is 91.5 cm³/mol. The van der Waals surface area contributed by atoms with E-state index in [9.17, 15) is 14.0 Å². The van der Waals surface area contributed by atoms with Crippen LogP contribution in [0.3, 0.4) is 0 Å². The summed E-state index contributed by atoms with van der Waals surface area (Å²) in [6.45, 7) is 7.32. The van der Waals surface area contributed by atoms with Gasteiger partial charge in [0.2, 0.25) is 0 Å². The number of nitrogens with one attached hydrogen (secondary N) is 2. The van der Waals surface area contributed by atoms with Crippen LogP contribution < -0.4 is 5.32 Å². The van der Waals surface area contributed by atoms with Crippen LogP contribution in [-0.2, 0) is 11.2 Å². The molecule has 0 aliphatic carbocycles. The standard InChI is InChI=1S/C16H24ClFN4O3/c1-5-10-12(17)21-13(19-10)14(23)20-11-6-7-22(8-9(11)18)15(24)25-16(2,3)4/h9,11H,5-8H2,1-4H3,(H,19,21)(H,20,23)/t9-,11-/m0/s1. The van der Waals surface area contributed by atoms with Gasteiger partial charge in [-0.3, -0.25) is 4.79 Å². The first-order valence-electron chi connectivity index (χ1n) is 8.28. The number of H-pyrrole nitrogens is 1. The zero-order chi connectivity index (χ0) is 18.8. The van der Waals surface area contributed by atoms with E-state index >= 15 is 0 Å². The van der Waals surface area contributed by atoms with Gasteiger partial charge in [-0.05, 0) is 33.6 Å². The summed E-state index contributed by atoms with van der Waals surface area (Å²) < 4.78 is 19.6. The molecule has 2 amide bonds. The summed E-state index contributed by atoms with van der Waals surface area (Å²) >= 11 is 5.91.